The van der Waals surface area contributed by atoms with Gasteiger partial charge < -0.3 is 23.8 Å². The highest BCUT2D eigenvalue weighted by atomic mass is 16.5. The van der Waals surface area contributed by atoms with Crippen molar-refractivity contribution in [1.29, 1.82) is 0 Å². The molecule has 0 N–H and O–H groups in total. The van der Waals surface area contributed by atoms with Crippen molar-refractivity contribution in [3.63, 3.8) is 0 Å². The van der Waals surface area contributed by atoms with Crippen LogP contribution in [0.4, 0.5) is 34.1 Å². The van der Waals surface area contributed by atoms with E-state index in [0.717, 1.165) is 85.1 Å². The number of nitrogens with zero attached hydrogens (tertiary/aromatic N) is 3. The molecular formula is C58H37N3O2. The Morgan fingerprint density at radius 1 is 0.270 bits per heavy atom. The van der Waals surface area contributed by atoms with Gasteiger partial charge in [0.25, 0.3) is 0 Å². The molecule has 0 spiro atoms. The topological polar surface area (TPSA) is 29.9 Å². The number of ether oxygens (including phenoxy) is 2. The zero-order valence-electron chi connectivity index (χ0n) is 34.0. The molecule has 0 saturated heterocycles. The normalized spacial score (nSPS) is 12.6. The lowest BCUT2D eigenvalue weighted by molar-refractivity contribution is 0.477. The van der Waals surface area contributed by atoms with E-state index in [1.54, 1.807) is 0 Å². The van der Waals surface area contributed by atoms with Gasteiger partial charge in [0.05, 0.1) is 33.8 Å². The van der Waals surface area contributed by atoms with Gasteiger partial charge in [-0.3, -0.25) is 0 Å². The van der Waals surface area contributed by atoms with Gasteiger partial charge in [0.2, 0.25) is 0 Å². The highest BCUT2D eigenvalue weighted by Gasteiger charge is 2.27. The molecular weight excluding hydrogens is 771 g/mol. The lowest BCUT2D eigenvalue weighted by atomic mass is 9.99. The monoisotopic (exact) mass is 807 g/mol. The van der Waals surface area contributed by atoms with Crippen LogP contribution in [0.25, 0.3) is 60.5 Å². The molecule has 2 aliphatic heterocycles. The van der Waals surface area contributed by atoms with E-state index in [2.05, 4.69) is 190 Å². The van der Waals surface area contributed by atoms with Crippen LogP contribution in [0.5, 0.6) is 23.0 Å². The number of aromatic nitrogens is 1. The molecule has 0 fully saturated rings. The van der Waals surface area contributed by atoms with Gasteiger partial charge >= 0.3 is 0 Å². The van der Waals surface area contributed by atoms with Gasteiger partial charge in [0, 0.05) is 27.8 Å². The summed E-state index contributed by atoms with van der Waals surface area (Å²) in [4.78, 5) is 4.57. The van der Waals surface area contributed by atoms with Gasteiger partial charge in [-0.2, -0.15) is 0 Å². The number of hydrogen-bond acceptors (Lipinski definition) is 4. The smallest absolute Gasteiger partial charge is 0.151 e. The second-order valence-corrected chi connectivity index (χ2v) is 16.2. The number of benzene rings is 10. The summed E-state index contributed by atoms with van der Waals surface area (Å²) in [6.45, 7) is 0. The molecule has 10 aromatic carbocycles. The predicted octanol–water partition coefficient (Wildman–Crippen LogP) is 16.4. The lowest BCUT2D eigenvalue weighted by Crippen LogP contribution is -2.15. The summed E-state index contributed by atoms with van der Waals surface area (Å²) in [6, 6.07) is 79.9. The summed E-state index contributed by atoms with van der Waals surface area (Å²) in [5, 5.41) is 4.85. The summed E-state index contributed by atoms with van der Waals surface area (Å²) < 4.78 is 15.0. The first-order valence-electron chi connectivity index (χ1n) is 21.3. The fourth-order valence-electron chi connectivity index (χ4n) is 9.55. The molecule has 0 aliphatic carbocycles. The Morgan fingerprint density at radius 2 is 0.635 bits per heavy atom. The quantitative estimate of drug-likeness (QED) is 0.173. The molecule has 1 aromatic heterocycles. The molecule has 11 aromatic rings. The third kappa shape index (κ3) is 5.71. The van der Waals surface area contributed by atoms with Crippen LogP contribution in [0.3, 0.4) is 0 Å². The number of hydrogen-bond donors (Lipinski definition) is 0. The van der Waals surface area contributed by atoms with Crippen molar-refractivity contribution < 1.29 is 9.47 Å². The highest BCUT2D eigenvalue weighted by molar-refractivity contribution is 6.12. The molecule has 0 saturated carbocycles. The minimum atomic E-state index is 0.845. The Bertz CT molecular complexity index is 3300. The molecule has 0 amide bonds. The van der Waals surface area contributed by atoms with Gasteiger partial charge in [-0.15, -0.1) is 0 Å². The zero-order valence-corrected chi connectivity index (χ0v) is 34.0. The van der Waals surface area contributed by atoms with Gasteiger partial charge in [0.15, 0.2) is 23.0 Å². The fourth-order valence-corrected chi connectivity index (χ4v) is 9.55. The van der Waals surface area contributed by atoms with Crippen molar-refractivity contribution in [3.8, 4) is 50.9 Å². The van der Waals surface area contributed by atoms with Crippen LogP contribution in [-0.4, -0.2) is 4.57 Å². The number of anilines is 6. The molecule has 13 rings (SSSR count). The maximum atomic E-state index is 6.29. The SMILES string of the molecule is c1ccc2c(c1)Oc1ccccc1N2c1ccc(-c2ccc3c(c2)c2cc(-c4ccc(N5c6ccccc6Oc6ccccc65)cc4)ccc2n3-c2ccc3ccccc3c2)cc1. The van der Waals surface area contributed by atoms with Crippen molar-refractivity contribution in [2.75, 3.05) is 9.80 Å². The van der Waals surface area contributed by atoms with Crippen LogP contribution in [0.2, 0.25) is 0 Å². The molecule has 0 radical (unpaired) electrons. The Morgan fingerprint density at radius 3 is 1.08 bits per heavy atom. The highest BCUT2D eigenvalue weighted by Crippen LogP contribution is 2.52. The largest absolute Gasteiger partial charge is 0.453 e. The van der Waals surface area contributed by atoms with E-state index in [1.807, 2.05) is 48.5 Å². The summed E-state index contributed by atoms with van der Waals surface area (Å²) in [7, 11) is 0. The molecule has 0 atom stereocenters. The first-order valence-corrected chi connectivity index (χ1v) is 21.3. The molecule has 0 bridgehead atoms. The third-order valence-corrected chi connectivity index (χ3v) is 12.5. The average Bonchev–Trinajstić information content (AvgIpc) is 3.68. The van der Waals surface area contributed by atoms with E-state index in [1.165, 1.54) is 32.6 Å². The maximum absolute atomic E-state index is 6.29. The number of rotatable bonds is 5. The molecule has 63 heavy (non-hydrogen) atoms. The van der Waals surface area contributed by atoms with Crippen LogP contribution in [0.15, 0.2) is 224 Å². The molecule has 296 valence electrons. The summed E-state index contributed by atoms with van der Waals surface area (Å²) in [5.41, 5.74) is 14.3. The lowest BCUT2D eigenvalue weighted by Gasteiger charge is -2.32. The van der Waals surface area contributed by atoms with Crippen molar-refractivity contribution in [1.82, 2.24) is 4.57 Å². The molecule has 5 nitrogen and oxygen atoms in total. The summed E-state index contributed by atoms with van der Waals surface area (Å²) >= 11 is 0. The third-order valence-electron chi connectivity index (χ3n) is 12.5. The van der Waals surface area contributed by atoms with Crippen LogP contribution in [-0.2, 0) is 0 Å². The minimum Gasteiger partial charge on any atom is -0.453 e. The number of fused-ring (bicyclic) bond motifs is 8. The van der Waals surface area contributed by atoms with Crippen LogP contribution >= 0.6 is 0 Å². The second kappa shape index (κ2) is 14.0. The second-order valence-electron chi connectivity index (χ2n) is 16.2. The molecule has 0 unspecified atom stereocenters. The summed E-state index contributed by atoms with van der Waals surface area (Å²) in [6.07, 6.45) is 0. The van der Waals surface area contributed by atoms with E-state index in [9.17, 15) is 0 Å². The Balaban J connectivity index is 0.919. The first kappa shape index (κ1) is 35.2. The van der Waals surface area contributed by atoms with Gasteiger partial charge in [-0.25, -0.2) is 0 Å². The van der Waals surface area contributed by atoms with Crippen LogP contribution in [0.1, 0.15) is 0 Å². The van der Waals surface area contributed by atoms with Crippen molar-refractivity contribution in [3.05, 3.63) is 224 Å². The van der Waals surface area contributed by atoms with Gasteiger partial charge in [-0.05, 0) is 142 Å². The Kier molecular flexibility index (Phi) is 7.84. The van der Waals surface area contributed by atoms with E-state index >= 15 is 0 Å². The average molecular weight is 808 g/mol. The zero-order chi connectivity index (χ0) is 41.4. The van der Waals surface area contributed by atoms with Crippen LogP contribution in [0, 0.1) is 0 Å². The van der Waals surface area contributed by atoms with Crippen molar-refractivity contribution in [2.24, 2.45) is 0 Å². The molecule has 3 heterocycles. The van der Waals surface area contributed by atoms with Crippen molar-refractivity contribution in [2.45, 2.75) is 0 Å². The van der Waals surface area contributed by atoms with E-state index < -0.39 is 0 Å². The van der Waals surface area contributed by atoms with Crippen molar-refractivity contribution >= 4 is 66.7 Å². The molecule has 2 aliphatic rings. The van der Waals surface area contributed by atoms with Gasteiger partial charge in [0.1, 0.15) is 0 Å². The predicted molar refractivity (Wildman–Crippen MR) is 259 cm³/mol. The Hall–Kier alpha value is -8.54. The molecule has 5 heteroatoms. The van der Waals surface area contributed by atoms with Gasteiger partial charge in [-0.1, -0.05) is 115 Å². The minimum absolute atomic E-state index is 0.845. The first-order chi connectivity index (χ1) is 31.2. The fraction of sp³-hybridized carbons (Fsp3) is 0. The summed E-state index contributed by atoms with van der Waals surface area (Å²) in [5.74, 6) is 3.38. The van der Waals surface area contributed by atoms with E-state index in [0.29, 0.717) is 0 Å². The standard InChI is InChI=1S/C58H37N3O2/c1-2-12-41-35-46(32-25-38(41)11-1)61-49-33-26-42(39-21-28-44(29-22-39)59-51-13-3-7-17-55(51)62-56-18-8-4-14-52(56)59)36-47(49)48-37-43(27-34-50(48)61)40-23-30-45(31-24-40)60-53-15-5-9-19-57(53)63-58-20-10-6-16-54(58)60/h1-37H. The van der Waals surface area contributed by atoms with E-state index in [4.69, 9.17) is 9.47 Å². The number of para-hydroxylation sites is 8. The van der Waals surface area contributed by atoms with E-state index in [-0.39, 0.29) is 0 Å². The maximum Gasteiger partial charge on any atom is 0.151 e. The Labute approximate surface area is 364 Å². The van der Waals surface area contributed by atoms with Crippen LogP contribution < -0.4 is 19.3 Å².